The standard InChI is InChI=1S/C24H32FN3O.C13H20N2O3S.C7H17N3O2S/c1-17(2)21-14-20(25)15-22(18(3)4)23(21)26-24(29)28-12-10-27(11-13-28)16-19-8-6-5-7-9-19;1-8(2)10-6-5-7-11(9(3)4)12(10)14-13(16)15-19(17)18;1-6-4-9(3)5-7(2)10(6)13(8,11)12/h5-9,14-15,17-18H,10-13,16H2,1-4H3,(H,26,29);5-9,19H,1-4H3,(H2,14,15,16,17,18);6-7H,4-5H2,1-3H3,(H2,8,11,12). The van der Waals surface area contributed by atoms with E-state index in [0.29, 0.717) is 18.8 Å². The summed E-state index contributed by atoms with van der Waals surface area (Å²) in [6, 6.07) is 18.4. The van der Waals surface area contributed by atoms with E-state index in [1.54, 1.807) is 12.1 Å². The summed E-state index contributed by atoms with van der Waals surface area (Å²) >= 11 is 0. The molecule has 4 amide bonds. The molecule has 2 aliphatic rings. The van der Waals surface area contributed by atoms with E-state index in [2.05, 4.69) is 44.7 Å². The van der Waals surface area contributed by atoms with Crippen LogP contribution in [0.3, 0.4) is 0 Å². The third-order valence-corrected chi connectivity index (χ3v) is 12.4. The Balaban J connectivity index is 0.000000266. The van der Waals surface area contributed by atoms with Crippen molar-refractivity contribution in [3.63, 3.8) is 0 Å². The van der Waals surface area contributed by atoms with E-state index >= 15 is 0 Å². The van der Waals surface area contributed by atoms with Gasteiger partial charge in [-0.2, -0.15) is 12.7 Å². The highest BCUT2D eigenvalue weighted by atomic mass is 32.2. The zero-order chi connectivity index (χ0) is 45.8. The average Bonchev–Trinajstić information content (AvgIpc) is 3.15. The van der Waals surface area contributed by atoms with Crippen LogP contribution >= 0.6 is 0 Å². The van der Waals surface area contributed by atoms with Gasteiger partial charge in [-0.15, -0.1) is 0 Å². The van der Waals surface area contributed by atoms with Crippen LogP contribution in [0.5, 0.6) is 0 Å². The van der Waals surface area contributed by atoms with Gasteiger partial charge in [0, 0.05) is 69.3 Å². The molecule has 340 valence electrons. The Kier molecular flexibility index (Phi) is 19.6. The molecule has 0 spiro atoms. The van der Waals surface area contributed by atoms with Gasteiger partial charge in [0.25, 0.3) is 10.2 Å². The molecule has 5 rings (SSSR count). The molecule has 5 N–H and O–H groups in total. The molecular weight excluding hydrogens is 820 g/mol. The van der Waals surface area contributed by atoms with Gasteiger partial charge in [-0.25, -0.2) is 32.3 Å². The molecule has 0 aliphatic carbocycles. The minimum atomic E-state index is -3.54. The molecule has 17 heteroatoms. The van der Waals surface area contributed by atoms with Crippen molar-refractivity contribution in [3.05, 3.63) is 94.3 Å². The molecule has 61 heavy (non-hydrogen) atoms. The Bertz CT molecular complexity index is 2020. The van der Waals surface area contributed by atoms with Crippen molar-refractivity contribution >= 4 is 44.5 Å². The SMILES string of the molecule is CC(C)c1cc(F)cc(C(C)C)c1NC(=O)N1CCN(Cc2ccccc2)CC1.CC(C)c1cccc(C(C)C)c1NC(=O)N[SH](=O)=O.CC1CN(C)CC(C)N1S(N)(=O)=O. The van der Waals surface area contributed by atoms with E-state index in [4.69, 9.17) is 5.14 Å². The van der Waals surface area contributed by atoms with E-state index in [1.807, 2.05) is 110 Å². The normalized spacial score (nSPS) is 17.8. The lowest BCUT2D eigenvalue weighted by Gasteiger charge is -2.40. The van der Waals surface area contributed by atoms with Crippen LogP contribution in [0.15, 0.2) is 60.7 Å². The largest absolute Gasteiger partial charge is 0.332 e. The van der Waals surface area contributed by atoms with Gasteiger partial charge in [0.15, 0.2) is 0 Å². The lowest BCUT2D eigenvalue weighted by molar-refractivity contribution is 0.123. The Labute approximate surface area is 365 Å². The number of nitrogens with zero attached hydrogens (tertiary/aromatic N) is 4. The number of amides is 4. The van der Waals surface area contributed by atoms with Crippen LogP contribution in [-0.2, 0) is 27.6 Å². The highest BCUT2D eigenvalue weighted by molar-refractivity contribution is 7.86. The van der Waals surface area contributed by atoms with Crippen LogP contribution in [0.4, 0.5) is 25.4 Å². The lowest BCUT2D eigenvalue weighted by Crippen LogP contribution is -2.59. The van der Waals surface area contributed by atoms with Gasteiger partial charge in [0.05, 0.1) is 0 Å². The maximum absolute atomic E-state index is 14.1. The molecule has 3 aromatic carbocycles. The molecule has 2 heterocycles. The number of rotatable bonds is 10. The number of carbonyl (C=O) groups is 2. The van der Waals surface area contributed by atoms with Crippen molar-refractivity contribution < 1.29 is 30.8 Å². The number of anilines is 2. The van der Waals surface area contributed by atoms with Gasteiger partial charge >= 0.3 is 12.1 Å². The summed E-state index contributed by atoms with van der Waals surface area (Å²) < 4.78 is 60.7. The van der Waals surface area contributed by atoms with Gasteiger partial charge < -0.3 is 20.4 Å². The first kappa shape index (κ1) is 51.2. The first-order valence-electron chi connectivity index (χ1n) is 21.0. The highest BCUT2D eigenvalue weighted by Gasteiger charge is 2.34. The Morgan fingerprint density at radius 1 is 0.738 bits per heavy atom. The molecule has 2 saturated heterocycles. The minimum Gasteiger partial charge on any atom is -0.322 e. The Morgan fingerprint density at radius 3 is 1.62 bits per heavy atom. The summed E-state index contributed by atoms with van der Waals surface area (Å²) in [4.78, 5) is 30.9. The van der Waals surface area contributed by atoms with E-state index in [-0.39, 0.29) is 47.6 Å². The fourth-order valence-corrected chi connectivity index (χ4v) is 9.19. The molecule has 0 bridgehead atoms. The smallest absolute Gasteiger partial charge is 0.322 e. The van der Waals surface area contributed by atoms with Crippen molar-refractivity contribution in [2.75, 3.05) is 56.9 Å². The van der Waals surface area contributed by atoms with Crippen LogP contribution < -0.4 is 20.5 Å². The second-order valence-electron chi connectivity index (χ2n) is 17.2. The molecule has 2 atom stereocenters. The highest BCUT2D eigenvalue weighted by Crippen LogP contribution is 2.34. The number of likely N-dealkylation sites (N-methyl/N-ethyl adjacent to an activating group) is 1. The van der Waals surface area contributed by atoms with E-state index in [0.717, 1.165) is 60.7 Å². The summed E-state index contributed by atoms with van der Waals surface area (Å²) in [6.07, 6.45) is 0. The molecule has 3 aromatic rings. The Hall–Kier alpha value is -4.13. The molecule has 2 fully saturated rings. The van der Waals surface area contributed by atoms with Crippen molar-refractivity contribution in [2.45, 2.75) is 112 Å². The maximum Gasteiger partial charge on any atom is 0.332 e. The average molecular weight is 889 g/mol. The van der Waals surface area contributed by atoms with Gasteiger partial charge in [-0.3, -0.25) is 4.90 Å². The van der Waals surface area contributed by atoms with Crippen molar-refractivity contribution in [3.8, 4) is 0 Å². The monoisotopic (exact) mass is 888 g/mol. The maximum atomic E-state index is 14.1. The fraction of sp³-hybridized carbons (Fsp3) is 0.545. The first-order chi connectivity index (χ1) is 28.5. The number of carbonyl (C=O) groups excluding carboxylic acids is 2. The van der Waals surface area contributed by atoms with E-state index in [9.17, 15) is 30.8 Å². The van der Waals surface area contributed by atoms with E-state index in [1.165, 1.54) is 9.87 Å². The molecule has 14 nitrogen and oxygen atoms in total. The molecule has 2 unspecified atom stereocenters. The predicted octanol–water partition coefficient (Wildman–Crippen LogP) is 7.22. The van der Waals surface area contributed by atoms with Gasteiger partial charge in [0.2, 0.25) is 10.9 Å². The van der Waals surface area contributed by atoms with Crippen LogP contribution in [0.25, 0.3) is 0 Å². The number of nitrogens with one attached hydrogen (secondary N) is 3. The second kappa shape index (κ2) is 23.4. The number of hydrogen-bond donors (Lipinski definition) is 5. The number of thiol groups is 1. The molecule has 2 aliphatic heterocycles. The number of para-hydroxylation sites is 1. The number of hydrogen-bond acceptors (Lipinski definition) is 8. The summed E-state index contributed by atoms with van der Waals surface area (Å²) in [5.74, 6) is 0.470. The Morgan fingerprint density at radius 2 is 1.20 bits per heavy atom. The third kappa shape index (κ3) is 15.6. The van der Waals surface area contributed by atoms with Gasteiger partial charge in [-0.1, -0.05) is 104 Å². The summed E-state index contributed by atoms with van der Waals surface area (Å²) in [6.45, 7) is 25.4. The minimum absolute atomic E-state index is 0.0382. The zero-order valence-corrected chi connectivity index (χ0v) is 39.4. The number of nitrogens with two attached hydrogens (primary N) is 1. The van der Waals surface area contributed by atoms with Crippen LogP contribution in [0.2, 0.25) is 0 Å². The van der Waals surface area contributed by atoms with Crippen LogP contribution in [0, 0.1) is 5.82 Å². The third-order valence-electron chi connectivity index (χ3n) is 10.7. The van der Waals surface area contributed by atoms with Crippen molar-refractivity contribution in [1.82, 2.24) is 23.7 Å². The van der Waals surface area contributed by atoms with Gasteiger partial charge in [-0.05, 0) is 84.5 Å². The van der Waals surface area contributed by atoms with E-state index < -0.39 is 27.1 Å². The fourth-order valence-electron chi connectivity index (χ4n) is 7.83. The summed E-state index contributed by atoms with van der Waals surface area (Å²) in [7, 11) is -4.51. The molecular formula is C44H69FN8O6S2. The molecule has 0 aromatic heterocycles. The van der Waals surface area contributed by atoms with Crippen molar-refractivity contribution in [1.29, 1.82) is 0 Å². The predicted molar refractivity (Wildman–Crippen MR) is 245 cm³/mol. The van der Waals surface area contributed by atoms with Crippen LogP contribution in [-0.4, -0.2) is 106 Å². The quantitative estimate of drug-likeness (QED) is 0.133. The number of urea groups is 2. The molecule has 0 radical (unpaired) electrons. The number of piperazine rings is 2. The number of halogens is 1. The lowest BCUT2D eigenvalue weighted by atomic mass is 9.92. The van der Waals surface area contributed by atoms with Gasteiger partial charge in [0.1, 0.15) is 5.82 Å². The van der Waals surface area contributed by atoms with Crippen LogP contribution in [0.1, 0.15) is 121 Å². The summed E-state index contributed by atoms with van der Waals surface area (Å²) in [5, 5.41) is 10.9. The summed E-state index contributed by atoms with van der Waals surface area (Å²) in [5.41, 5.74) is 6.44. The molecule has 0 saturated carbocycles. The zero-order valence-electron chi connectivity index (χ0n) is 37.7. The van der Waals surface area contributed by atoms with Crippen molar-refractivity contribution in [2.24, 2.45) is 5.14 Å². The topological polar surface area (TPSA) is 177 Å². The first-order valence-corrected chi connectivity index (χ1v) is 23.7. The second-order valence-corrected chi connectivity index (χ2v) is 19.4. The number of benzene rings is 3.